The molecule has 1 saturated heterocycles. The minimum atomic E-state index is -0.122. The summed E-state index contributed by atoms with van der Waals surface area (Å²) in [6.07, 6.45) is 5.82. The number of fused-ring (bicyclic) bond motifs is 1. The first kappa shape index (κ1) is 24.6. The minimum Gasteiger partial charge on any atom is -0.383 e. The predicted octanol–water partition coefficient (Wildman–Crippen LogP) is 4.79. The van der Waals surface area contributed by atoms with Crippen molar-refractivity contribution < 1.29 is 9.53 Å². The van der Waals surface area contributed by atoms with Crippen LogP contribution in [-0.2, 0) is 11.8 Å². The third kappa shape index (κ3) is 4.92. The van der Waals surface area contributed by atoms with Crippen LogP contribution in [0.2, 0.25) is 5.02 Å². The Hall–Kier alpha value is -3.10. The molecule has 1 aliphatic carbocycles. The zero-order chi connectivity index (χ0) is 25.4. The monoisotopic (exact) mass is 509 g/mol. The van der Waals surface area contributed by atoms with Crippen molar-refractivity contribution in [1.82, 2.24) is 14.5 Å². The first-order valence-electron chi connectivity index (χ1n) is 12.5. The maximum atomic E-state index is 13.2. The second kappa shape index (κ2) is 10.1. The van der Waals surface area contributed by atoms with E-state index in [-0.39, 0.29) is 17.5 Å². The van der Waals surface area contributed by atoms with E-state index in [0.717, 1.165) is 35.1 Å². The van der Waals surface area contributed by atoms with Crippen LogP contribution in [0.1, 0.15) is 43.1 Å². The van der Waals surface area contributed by atoms with Gasteiger partial charge < -0.3 is 24.8 Å². The number of halogens is 1. The molecule has 2 aliphatic rings. The maximum Gasteiger partial charge on any atom is 0.272 e. The number of methoxy groups -OCH3 is 1. The Morgan fingerprint density at radius 2 is 2.03 bits per heavy atom. The highest BCUT2D eigenvalue weighted by Gasteiger charge is 2.30. The maximum absolute atomic E-state index is 13.2. The van der Waals surface area contributed by atoms with Gasteiger partial charge in [-0.3, -0.25) is 9.59 Å². The number of hydrogen-bond donors (Lipinski definition) is 2. The number of aromatic nitrogens is 2. The number of hydrogen-bond acceptors (Lipinski definition) is 6. The molecule has 1 aromatic carbocycles. The summed E-state index contributed by atoms with van der Waals surface area (Å²) in [4.78, 5) is 31.9. The van der Waals surface area contributed by atoms with Crippen LogP contribution in [0.25, 0.3) is 10.9 Å². The van der Waals surface area contributed by atoms with Crippen molar-refractivity contribution in [2.24, 2.45) is 13.0 Å². The molecule has 0 bridgehead atoms. The van der Waals surface area contributed by atoms with Gasteiger partial charge in [-0.25, -0.2) is 4.98 Å². The highest BCUT2D eigenvalue weighted by molar-refractivity contribution is 6.33. The molecular weight excluding hydrogens is 478 g/mol. The van der Waals surface area contributed by atoms with Crippen LogP contribution in [0.3, 0.4) is 0 Å². The topological polar surface area (TPSA) is 88.5 Å². The number of aryl methyl sites for hydroxylation is 1. The summed E-state index contributed by atoms with van der Waals surface area (Å²) in [5.74, 6) is 0.527. The summed E-state index contributed by atoms with van der Waals surface area (Å²) in [6, 6.07) is 9.56. The number of anilines is 3. The molecule has 5 rings (SSSR count). The van der Waals surface area contributed by atoms with Gasteiger partial charge >= 0.3 is 0 Å². The van der Waals surface area contributed by atoms with Gasteiger partial charge in [0.1, 0.15) is 5.69 Å². The molecular formula is C27H32ClN5O3. The van der Waals surface area contributed by atoms with Gasteiger partial charge in [-0.2, -0.15) is 0 Å². The fourth-order valence-corrected chi connectivity index (χ4v) is 5.19. The van der Waals surface area contributed by atoms with E-state index in [2.05, 4.69) is 22.5 Å². The second-order valence-corrected chi connectivity index (χ2v) is 10.3. The Balaban J connectivity index is 1.44. The average molecular weight is 510 g/mol. The third-order valence-electron chi connectivity index (χ3n) is 7.31. The van der Waals surface area contributed by atoms with Crippen molar-refractivity contribution in [2.45, 2.75) is 44.7 Å². The molecule has 36 heavy (non-hydrogen) atoms. The number of ether oxygens (including phenoxy) is 1. The number of amides is 1. The van der Waals surface area contributed by atoms with Gasteiger partial charge in [0, 0.05) is 55.8 Å². The molecule has 1 amide bonds. The third-order valence-corrected chi connectivity index (χ3v) is 7.61. The Kier molecular flexibility index (Phi) is 6.90. The normalized spacial score (nSPS) is 18.4. The number of rotatable bonds is 8. The lowest BCUT2D eigenvalue weighted by molar-refractivity contribution is 0.0625. The molecule has 190 valence electrons. The second-order valence-electron chi connectivity index (χ2n) is 9.88. The van der Waals surface area contributed by atoms with Crippen molar-refractivity contribution in [3.63, 3.8) is 0 Å². The molecule has 9 heteroatoms. The van der Waals surface area contributed by atoms with Crippen molar-refractivity contribution in [1.29, 1.82) is 0 Å². The molecule has 1 unspecified atom stereocenters. The summed E-state index contributed by atoms with van der Waals surface area (Å²) >= 11 is 6.47. The molecule has 2 N–H and O–H groups in total. The van der Waals surface area contributed by atoms with E-state index in [0.29, 0.717) is 41.5 Å². The zero-order valence-electron chi connectivity index (χ0n) is 20.9. The Morgan fingerprint density at radius 1 is 1.22 bits per heavy atom. The predicted molar refractivity (Wildman–Crippen MR) is 143 cm³/mol. The van der Waals surface area contributed by atoms with E-state index in [1.54, 1.807) is 30.9 Å². The molecule has 2 aromatic heterocycles. The lowest BCUT2D eigenvalue weighted by Gasteiger charge is -2.24. The Labute approximate surface area is 215 Å². The fourth-order valence-electron chi connectivity index (χ4n) is 5.04. The number of carbonyl (C=O) groups excluding carboxylic acids is 1. The van der Waals surface area contributed by atoms with E-state index in [4.69, 9.17) is 16.3 Å². The summed E-state index contributed by atoms with van der Waals surface area (Å²) in [6.45, 7) is 3.37. The molecule has 3 heterocycles. The van der Waals surface area contributed by atoms with Crippen LogP contribution >= 0.6 is 11.6 Å². The fraction of sp³-hybridized carbons (Fsp3) is 0.444. The number of pyridine rings is 2. The average Bonchev–Trinajstić information content (AvgIpc) is 3.62. The number of likely N-dealkylation sites (tertiary alicyclic amines) is 1. The van der Waals surface area contributed by atoms with Gasteiger partial charge in [-0.1, -0.05) is 11.6 Å². The van der Waals surface area contributed by atoms with Crippen LogP contribution in [0.4, 0.5) is 17.1 Å². The molecule has 3 aromatic rings. The van der Waals surface area contributed by atoms with Crippen molar-refractivity contribution >= 4 is 45.5 Å². The van der Waals surface area contributed by atoms with Crippen molar-refractivity contribution in [2.75, 3.05) is 30.9 Å². The summed E-state index contributed by atoms with van der Waals surface area (Å²) < 4.78 is 6.94. The largest absolute Gasteiger partial charge is 0.383 e. The van der Waals surface area contributed by atoms with E-state index in [9.17, 15) is 9.59 Å². The molecule has 0 radical (unpaired) electrons. The summed E-state index contributed by atoms with van der Waals surface area (Å²) in [5, 5.41) is 8.26. The first-order valence-corrected chi connectivity index (χ1v) is 12.9. The van der Waals surface area contributed by atoms with E-state index < -0.39 is 0 Å². The van der Waals surface area contributed by atoms with Crippen molar-refractivity contribution in [3.05, 3.63) is 57.6 Å². The highest BCUT2D eigenvalue weighted by Crippen LogP contribution is 2.36. The van der Waals surface area contributed by atoms with Crippen LogP contribution < -0.4 is 16.2 Å². The lowest BCUT2D eigenvalue weighted by atomic mass is 10.1. The SMILES string of the molecule is COC[C@@H]1CCCN1C(=O)c1cc(Nc2ccc3c(c2)c(NC(C)C2CC2)cc(=O)n3C)c(Cl)cn1. The Bertz CT molecular complexity index is 1350. The lowest BCUT2D eigenvalue weighted by Crippen LogP contribution is -2.38. The highest BCUT2D eigenvalue weighted by atomic mass is 35.5. The van der Waals surface area contributed by atoms with Crippen molar-refractivity contribution in [3.8, 4) is 0 Å². The summed E-state index contributed by atoms with van der Waals surface area (Å²) in [5.41, 5.74) is 3.35. The Morgan fingerprint density at radius 3 is 2.78 bits per heavy atom. The molecule has 1 aliphatic heterocycles. The van der Waals surface area contributed by atoms with Gasteiger partial charge in [0.05, 0.1) is 28.9 Å². The van der Waals surface area contributed by atoms with Gasteiger partial charge in [0.15, 0.2) is 0 Å². The van der Waals surface area contributed by atoms with Crippen LogP contribution in [-0.4, -0.2) is 52.7 Å². The van der Waals surface area contributed by atoms with Crippen LogP contribution in [0.5, 0.6) is 0 Å². The van der Waals surface area contributed by atoms with Crippen LogP contribution in [0, 0.1) is 5.92 Å². The summed E-state index contributed by atoms with van der Waals surface area (Å²) in [7, 11) is 3.43. The molecule has 2 fully saturated rings. The zero-order valence-corrected chi connectivity index (χ0v) is 21.6. The molecule has 2 atom stereocenters. The minimum absolute atomic E-state index is 0.0530. The first-order chi connectivity index (χ1) is 17.4. The quantitative estimate of drug-likeness (QED) is 0.454. The van der Waals surface area contributed by atoms with Gasteiger partial charge in [0.2, 0.25) is 0 Å². The van der Waals surface area contributed by atoms with Gasteiger partial charge in [-0.15, -0.1) is 0 Å². The van der Waals surface area contributed by atoms with E-state index in [1.165, 1.54) is 19.0 Å². The van der Waals surface area contributed by atoms with E-state index in [1.807, 2.05) is 23.1 Å². The number of carbonyl (C=O) groups is 1. The number of nitrogens with one attached hydrogen (secondary N) is 2. The van der Waals surface area contributed by atoms with Crippen LogP contribution in [0.15, 0.2) is 41.3 Å². The standard InChI is InChI=1S/C27H32ClN5O3/c1-16(17-6-7-17)30-22-13-26(34)32(2)25-9-8-18(11-20(22)25)31-23-12-24(29-14-21(23)28)27(35)33-10-4-5-19(33)15-36-3/h8-9,11-14,16-17,19,30H,4-7,10,15H2,1-3H3,(H,29,31)/t16?,19-/m0/s1. The molecule has 8 nitrogen and oxygen atoms in total. The van der Waals surface area contributed by atoms with Gasteiger partial charge in [0.25, 0.3) is 11.5 Å². The number of benzene rings is 1. The molecule has 0 spiro atoms. The smallest absolute Gasteiger partial charge is 0.272 e. The van der Waals surface area contributed by atoms with E-state index >= 15 is 0 Å². The number of nitrogens with zero attached hydrogens (tertiary/aromatic N) is 3. The van der Waals surface area contributed by atoms with Gasteiger partial charge in [-0.05, 0) is 62.8 Å². The molecule has 1 saturated carbocycles.